The van der Waals surface area contributed by atoms with Crippen LogP contribution in [0.5, 0.6) is 0 Å². The Labute approximate surface area is 123 Å². The summed E-state index contributed by atoms with van der Waals surface area (Å²) in [5, 5.41) is 0. The Bertz CT molecular complexity index is 695. The Morgan fingerprint density at radius 3 is 2.90 bits per heavy atom. The first-order chi connectivity index (χ1) is 10.1. The van der Waals surface area contributed by atoms with Crippen molar-refractivity contribution in [1.82, 2.24) is 4.31 Å². The van der Waals surface area contributed by atoms with Crippen molar-refractivity contribution in [3.05, 3.63) is 29.3 Å². The molecule has 0 radical (unpaired) electrons. The van der Waals surface area contributed by atoms with Crippen molar-refractivity contribution in [1.29, 1.82) is 0 Å². The van der Waals surface area contributed by atoms with E-state index in [4.69, 9.17) is 4.74 Å². The summed E-state index contributed by atoms with van der Waals surface area (Å²) in [6.07, 6.45) is 3.58. The molecule has 1 aromatic carbocycles. The SMILES string of the molecule is O=C=NC1COCCN1S(=O)(=O)c1ccc2c(c1)CCC2. The summed E-state index contributed by atoms with van der Waals surface area (Å²) in [5.41, 5.74) is 2.32. The minimum Gasteiger partial charge on any atom is -0.376 e. The number of fused-ring (bicyclic) bond motifs is 1. The smallest absolute Gasteiger partial charge is 0.245 e. The van der Waals surface area contributed by atoms with Gasteiger partial charge < -0.3 is 4.74 Å². The molecule has 112 valence electrons. The lowest BCUT2D eigenvalue weighted by Crippen LogP contribution is -2.47. The van der Waals surface area contributed by atoms with Gasteiger partial charge in [0.15, 0.2) is 6.17 Å². The van der Waals surface area contributed by atoms with Crippen LogP contribution in [0.4, 0.5) is 0 Å². The van der Waals surface area contributed by atoms with E-state index >= 15 is 0 Å². The normalized spacial score (nSPS) is 22.6. The third-order valence-corrected chi connectivity index (χ3v) is 5.83. The minimum atomic E-state index is -3.67. The quantitative estimate of drug-likeness (QED) is 0.613. The minimum absolute atomic E-state index is 0.0827. The zero-order chi connectivity index (χ0) is 14.9. The maximum atomic E-state index is 12.8. The van der Waals surface area contributed by atoms with Crippen LogP contribution in [0.3, 0.4) is 0 Å². The van der Waals surface area contributed by atoms with Crippen LogP contribution >= 0.6 is 0 Å². The standard InChI is InChI=1S/C14H16N2O4S/c17-10-15-14-9-20-7-6-16(14)21(18,19)13-5-4-11-2-1-3-12(11)8-13/h4-5,8,14H,1-3,6-7,9H2. The second kappa shape index (κ2) is 5.69. The van der Waals surface area contributed by atoms with Crippen LogP contribution in [0.2, 0.25) is 0 Å². The molecule has 6 nitrogen and oxygen atoms in total. The Kier molecular flexibility index (Phi) is 3.91. The van der Waals surface area contributed by atoms with Gasteiger partial charge in [-0.15, -0.1) is 0 Å². The van der Waals surface area contributed by atoms with E-state index in [1.54, 1.807) is 12.1 Å². The molecule has 0 aromatic heterocycles. The molecule has 0 saturated carbocycles. The van der Waals surface area contributed by atoms with E-state index in [0.29, 0.717) is 6.61 Å². The zero-order valence-corrected chi connectivity index (χ0v) is 12.3. The van der Waals surface area contributed by atoms with Gasteiger partial charge in [-0.1, -0.05) is 6.07 Å². The van der Waals surface area contributed by atoms with E-state index in [1.807, 2.05) is 6.07 Å². The summed E-state index contributed by atoms with van der Waals surface area (Å²) < 4.78 is 31.9. The van der Waals surface area contributed by atoms with E-state index in [2.05, 4.69) is 4.99 Å². The van der Waals surface area contributed by atoms with Crippen LogP contribution in [0.15, 0.2) is 28.1 Å². The summed E-state index contributed by atoms with van der Waals surface area (Å²) in [4.78, 5) is 14.3. The highest BCUT2D eigenvalue weighted by Crippen LogP contribution is 2.27. The fourth-order valence-electron chi connectivity index (χ4n) is 2.86. The predicted molar refractivity (Wildman–Crippen MR) is 75.1 cm³/mol. The molecule has 1 unspecified atom stereocenters. The van der Waals surface area contributed by atoms with E-state index in [-0.39, 0.29) is 18.0 Å². The number of rotatable bonds is 3. The molecule has 0 N–H and O–H groups in total. The van der Waals surface area contributed by atoms with Crippen LogP contribution in [-0.4, -0.2) is 44.7 Å². The molecule has 1 heterocycles. The summed E-state index contributed by atoms with van der Waals surface area (Å²) in [6.45, 7) is 0.573. The van der Waals surface area contributed by atoms with Crippen molar-refractivity contribution in [3.8, 4) is 0 Å². The van der Waals surface area contributed by atoms with E-state index in [9.17, 15) is 13.2 Å². The number of aliphatic imine (C=N–C) groups is 1. The third kappa shape index (κ3) is 2.65. The first-order valence-electron chi connectivity index (χ1n) is 6.91. The number of isocyanates is 1. The average molecular weight is 308 g/mol. The lowest BCUT2D eigenvalue weighted by atomic mass is 10.1. The van der Waals surface area contributed by atoms with Gasteiger partial charge in [0.1, 0.15) is 0 Å². The highest BCUT2D eigenvalue weighted by molar-refractivity contribution is 7.89. The molecule has 0 bridgehead atoms. The summed E-state index contributed by atoms with van der Waals surface area (Å²) in [6, 6.07) is 5.26. The van der Waals surface area contributed by atoms with E-state index in [0.717, 1.165) is 24.8 Å². The fraction of sp³-hybridized carbons (Fsp3) is 0.500. The number of hydrogen-bond acceptors (Lipinski definition) is 5. The number of sulfonamides is 1. The van der Waals surface area contributed by atoms with Gasteiger partial charge in [0, 0.05) is 6.54 Å². The highest BCUT2D eigenvalue weighted by Gasteiger charge is 2.34. The second-order valence-corrected chi connectivity index (χ2v) is 7.07. The molecule has 0 spiro atoms. The Hall–Kier alpha value is -1.53. The predicted octanol–water partition coefficient (Wildman–Crippen LogP) is 0.858. The van der Waals surface area contributed by atoms with Crippen LogP contribution in [0.25, 0.3) is 0 Å². The third-order valence-electron chi connectivity index (χ3n) is 3.93. The van der Waals surface area contributed by atoms with Gasteiger partial charge in [0.05, 0.1) is 18.1 Å². The van der Waals surface area contributed by atoms with Crippen molar-refractivity contribution in [3.63, 3.8) is 0 Å². The number of ether oxygens (including phenoxy) is 1. The largest absolute Gasteiger partial charge is 0.376 e. The topological polar surface area (TPSA) is 76.0 Å². The van der Waals surface area contributed by atoms with Gasteiger partial charge >= 0.3 is 0 Å². The van der Waals surface area contributed by atoms with Crippen molar-refractivity contribution in [2.75, 3.05) is 19.8 Å². The van der Waals surface area contributed by atoms with Crippen LogP contribution in [0.1, 0.15) is 17.5 Å². The van der Waals surface area contributed by atoms with Gasteiger partial charge in [0.2, 0.25) is 16.1 Å². The van der Waals surface area contributed by atoms with Gasteiger partial charge in [0.25, 0.3) is 0 Å². The van der Waals surface area contributed by atoms with Crippen LogP contribution in [0, 0.1) is 0 Å². The molecule has 21 heavy (non-hydrogen) atoms. The number of benzene rings is 1. The molecule has 1 saturated heterocycles. The molecule has 1 atom stereocenters. The number of aryl methyl sites for hydroxylation is 2. The molecule has 1 aliphatic carbocycles. The van der Waals surface area contributed by atoms with E-state index < -0.39 is 16.2 Å². The number of morpholine rings is 1. The van der Waals surface area contributed by atoms with Crippen molar-refractivity contribution < 1.29 is 17.9 Å². The number of hydrogen-bond donors (Lipinski definition) is 0. The highest BCUT2D eigenvalue weighted by atomic mass is 32.2. The van der Waals surface area contributed by atoms with Gasteiger partial charge in [-0.2, -0.15) is 9.30 Å². The summed E-state index contributed by atoms with van der Waals surface area (Å²) in [5.74, 6) is 0. The molecule has 1 aliphatic heterocycles. The molecule has 1 aromatic rings. The molecular weight excluding hydrogens is 292 g/mol. The maximum absolute atomic E-state index is 12.8. The number of carbonyl (C=O) groups excluding carboxylic acids is 1. The van der Waals surface area contributed by atoms with Crippen LogP contribution < -0.4 is 0 Å². The molecule has 1 fully saturated rings. The summed E-state index contributed by atoms with van der Waals surface area (Å²) in [7, 11) is -3.67. The monoisotopic (exact) mass is 308 g/mol. The second-order valence-electron chi connectivity index (χ2n) is 5.18. The Balaban J connectivity index is 1.97. The lowest BCUT2D eigenvalue weighted by Gasteiger charge is -2.31. The molecule has 3 rings (SSSR count). The van der Waals surface area contributed by atoms with Gasteiger partial charge in [-0.05, 0) is 42.5 Å². The average Bonchev–Trinajstić information content (AvgIpc) is 2.95. The lowest BCUT2D eigenvalue weighted by molar-refractivity contribution is 0.0359. The molecule has 2 aliphatic rings. The first-order valence-corrected chi connectivity index (χ1v) is 8.35. The fourth-order valence-corrected chi connectivity index (χ4v) is 4.41. The van der Waals surface area contributed by atoms with Gasteiger partial charge in [-0.3, -0.25) is 0 Å². The van der Waals surface area contributed by atoms with Crippen molar-refractivity contribution in [2.24, 2.45) is 4.99 Å². The van der Waals surface area contributed by atoms with E-state index in [1.165, 1.54) is 15.9 Å². The van der Waals surface area contributed by atoms with Crippen LogP contribution in [-0.2, 0) is 32.4 Å². The molecule has 0 amide bonds. The van der Waals surface area contributed by atoms with Gasteiger partial charge in [-0.25, -0.2) is 13.2 Å². The van der Waals surface area contributed by atoms with Crippen molar-refractivity contribution >= 4 is 16.1 Å². The summed E-state index contributed by atoms with van der Waals surface area (Å²) >= 11 is 0. The van der Waals surface area contributed by atoms with Crippen molar-refractivity contribution in [2.45, 2.75) is 30.3 Å². The Morgan fingerprint density at radius 1 is 1.29 bits per heavy atom. The Morgan fingerprint density at radius 2 is 2.10 bits per heavy atom. The number of nitrogens with zero attached hydrogens (tertiary/aromatic N) is 2. The maximum Gasteiger partial charge on any atom is 0.245 e. The zero-order valence-electron chi connectivity index (χ0n) is 11.5. The first kappa shape index (κ1) is 14.4. The molecular formula is C14H16N2O4S. The molecule has 7 heteroatoms.